The zero-order valence-electron chi connectivity index (χ0n) is 10.4. The van der Waals surface area contributed by atoms with Gasteiger partial charge in [-0.2, -0.15) is 0 Å². The Bertz CT molecular complexity index is 172. The summed E-state index contributed by atoms with van der Waals surface area (Å²) in [5.74, 6) is 1.12. The number of ketones is 1. The summed E-state index contributed by atoms with van der Waals surface area (Å²) in [6, 6.07) is 0. The van der Waals surface area contributed by atoms with Crippen molar-refractivity contribution in [3.05, 3.63) is 12.7 Å². The van der Waals surface area contributed by atoms with Crippen molar-refractivity contribution in [2.45, 2.75) is 65.2 Å². The minimum absolute atomic E-state index is 0.328. The number of unbranched alkanes of at least 4 members (excludes halogenated alkanes) is 4. The topological polar surface area (TPSA) is 17.1 Å². The number of hydrogen-bond acceptors (Lipinski definition) is 1. The van der Waals surface area contributed by atoms with Crippen LogP contribution in [0, 0.1) is 5.92 Å². The van der Waals surface area contributed by atoms with Crippen LogP contribution in [0.4, 0.5) is 0 Å². The maximum atomic E-state index is 10.7. The molecule has 0 amide bonds. The fourth-order valence-corrected chi connectivity index (χ4v) is 1.80. The summed E-state index contributed by atoms with van der Waals surface area (Å²) in [6.45, 7) is 7.72. The van der Waals surface area contributed by atoms with E-state index in [0.29, 0.717) is 5.78 Å². The third-order valence-corrected chi connectivity index (χ3v) is 2.79. The fourth-order valence-electron chi connectivity index (χ4n) is 1.80. The molecule has 15 heavy (non-hydrogen) atoms. The van der Waals surface area contributed by atoms with Crippen molar-refractivity contribution in [2.24, 2.45) is 5.92 Å². The lowest BCUT2D eigenvalue weighted by atomic mass is 9.99. The predicted molar refractivity (Wildman–Crippen MR) is 67.0 cm³/mol. The van der Waals surface area contributed by atoms with Gasteiger partial charge >= 0.3 is 0 Å². The summed E-state index contributed by atoms with van der Waals surface area (Å²) in [7, 11) is 0. The maximum Gasteiger partial charge on any atom is 0.129 e. The maximum absolute atomic E-state index is 10.7. The molecule has 0 saturated carbocycles. The molecule has 0 unspecified atom stereocenters. The minimum atomic E-state index is 0.328. The van der Waals surface area contributed by atoms with Gasteiger partial charge in [-0.1, -0.05) is 45.1 Å². The lowest BCUT2D eigenvalue weighted by Crippen LogP contribution is -1.93. The number of rotatable bonds is 10. The Morgan fingerprint density at radius 1 is 1.20 bits per heavy atom. The summed E-state index contributed by atoms with van der Waals surface area (Å²) in [4.78, 5) is 10.7. The lowest BCUT2D eigenvalue weighted by molar-refractivity contribution is -0.117. The molecule has 1 atom stereocenters. The van der Waals surface area contributed by atoms with Gasteiger partial charge in [-0.25, -0.2) is 0 Å². The van der Waals surface area contributed by atoms with E-state index in [9.17, 15) is 4.79 Å². The molecular weight excluding hydrogens is 184 g/mol. The third-order valence-electron chi connectivity index (χ3n) is 2.79. The van der Waals surface area contributed by atoms with Crippen molar-refractivity contribution in [1.29, 1.82) is 0 Å². The molecule has 0 aromatic rings. The van der Waals surface area contributed by atoms with Crippen LogP contribution in [0.15, 0.2) is 12.7 Å². The summed E-state index contributed by atoms with van der Waals surface area (Å²) in [5.41, 5.74) is 0. The molecule has 0 aliphatic carbocycles. The van der Waals surface area contributed by atoms with Crippen LogP contribution in [0.1, 0.15) is 65.2 Å². The Labute approximate surface area is 95.0 Å². The Morgan fingerprint density at radius 3 is 2.40 bits per heavy atom. The van der Waals surface area contributed by atoms with Gasteiger partial charge in [0.15, 0.2) is 0 Å². The molecule has 0 heterocycles. The predicted octanol–water partition coefficient (Wildman–Crippen LogP) is 4.52. The SMILES string of the molecule is C=CC[C@H](C)CCCCCCCC(C)=O. The Balaban J connectivity index is 3.10. The van der Waals surface area contributed by atoms with Crippen LogP contribution in [0.3, 0.4) is 0 Å². The molecule has 0 N–H and O–H groups in total. The van der Waals surface area contributed by atoms with Crippen LogP contribution in [-0.2, 0) is 4.79 Å². The molecule has 0 saturated heterocycles. The van der Waals surface area contributed by atoms with E-state index in [2.05, 4.69) is 13.5 Å². The first-order chi connectivity index (χ1) is 7.16. The van der Waals surface area contributed by atoms with Crippen molar-refractivity contribution < 1.29 is 4.79 Å². The lowest BCUT2D eigenvalue weighted by Gasteiger charge is -2.07. The monoisotopic (exact) mass is 210 g/mol. The smallest absolute Gasteiger partial charge is 0.129 e. The van der Waals surface area contributed by atoms with Crippen LogP contribution in [-0.4, -0.2) is 5.78 Å². The molecule has 0 rings (SSSR count). The largest absolute Gasteiger partial charge is 0.300 e. The van der Waals surface area contributed by atoms with E-state index in [0.717, 1.165) is 25.2 Å². The van der Waals surface area contributed by atoms with E-state index >= 15 is 0 Å². The third kappa shape index (κ3) is 11.3. The Morgan fingerprint density at radius 2 is 1.80 bits per heavy atom. The van der Waals surface area contributed by atoms with Gasteiger partial charge in [0.1, 0.15) is 5.78 Å². The Kier molecular flexibility index (Phi) is 9.55. The second-order valence-electron chi connectivity index (χ2n) is 4.64. The average Bonchev–Trinajstić information content (AvgIpc) is 2.16. The Hall–Kier alpha value is -0.590. The highest BCUT2D eigenvalue weighted by Crippen LogP contribution is 2.14. The van der Waals surface area contributed by atoms with Gasteiger partial charge in [0.05, 0.1) is 0 Å². The number of allylic oxidation sites excluding steroid dienone is 1. The summed E-state index contributed by atoms with van der Waals surface area (Å²) >= 11 is 0. The van der Waals surface area contributed by atoms with Crippen LogP contribution in [0.25, 0.3) is 0 Å². The van der Waals surface area contributed by atoms with Gasteiger partial charge in [-0.05, 0) is 25.7 Å². The molecule has 0 aromatic heterocycles. The molecule has 0 bridgehead atoms. The highest BCUT2D eigenvalue weighted by atomic mass is 16.1. The number of carbonyl (C=O) groups excluding carboxylic acids is 1. The van der Waals surface area contributed by atoms with Gasteiger partial charge in [-0.3, -0.25) is 0 Å². The van der Waals surface area contributed by atoms with Crippen LogP contribution < -0.4 is 0 Å². The standard InChI is InChI=1S/C14H26O/c1-4-10-13(2)11-8-6-5-7-9-12-14(3)15/h4,13H,1,5-12H2,2-3H3/t13-/m0/s1. The molecule has 1 heteroatoms. The molecule has 1 nitrogen and oxygen atoms in total. The molecule has 0 radical (unpaired) electrons. The van der Waals surface area contributed by atoms with E-state index in [1.54, 1.807) is 6.92 Å². The summed E-state index contributed by atoms with van der Waals surface area (Å²) in [6.07, 6.45) is 11.5. The molecule has 0 aromatic carbocycles. The highest BCUT2D eigenvalue weighted by molar-refractivity contribution is 5.75. The first-order valence-electron chi connectivity index (χ1n) is 6.27. The zero-order chi connectivity index (χ0) is 11.5. The van der Waals surface area contributed by atoms with Crippen LogP contribution in [0.5, 0.6) is 0 Å². The van der Waals surface area contributed by atoms with Gasteiger partial charge in [0, 0.05) is 6.42 Å². The number of Topliss-reactive ketones (excluding diaryl/α,β-unsaturated/α-hetero) is 1. The van der Waals surface area contributed by atoms with Gasteiger partial charge in [-0.15, -0.1) is 6.58 Å². The molecule has 0 aliphatic heterocycles. The molecule has 0 fully saturated rings. The quantitative estimate of drug-likeness (QED) is 0.383. The first kappa shape index (κ1) is 14.4. The van der Waals surface area contributed by atoms with E-state index in [4.69, 9.17) is 0 Å². The van der Waals surface area contributed by atoms with Gasteiger partial charge in [0.2, 0.25) is 0 Å². The highest BCUT2D eigenvalue weighted by Gasteiger charge is 1.99. The van der Waals surface area contributed by atoms with Crippen LogP contribution in [0.2, 0.25) is 0 Å². The summed E-state index contributed by atoms with van der Waals surface area (Å²) in [5, 5.41) is 0. The van der Waals surface area contributed by atoms with Gasteiger partial charge < -0.3 is 4.79 Å². The first-order valence-corrected chi connectivity index (χ1v) is 6.27. The van der Waals surface area contributed by atoms with Crippen molar-refractivity contribution >= 4 is 5.78 Å². The van der Waals surface area contributed by atoms with E-state index in [1.807, 2.05) is 6.08 Å². The minimum Gasteiger partial charge on any atom is -0.300 e. The normalized spacial score (nSPS) is 12.4. The fraction of sp³-hybridized carbons (Fsp3) is 0.786. The van der Waals surface area contributed by atoms with Crippen molar-refractivity contribution in [1.82, 2.24) is 0 Å². The number of hydrogen-bond donors (Lipinski definition) is 0. The van der Waals surface area contributed by atoms with Crippen LogP contribution >= 0.6 is 0 Å². The second kappa shape index (κ2) is 9.95. The van der Waals surface area contributed by atoms with E-state index < -0.39 is 0 Å². The summed E-state index contributed by atoms with van der Waals surface area (Å²) < 4.78 is 0. The molecule has 0 aliphatic rings. The van der Waals surface area contributed by atoms with E-state index in [-0.39, 0.29) is 0 Å². The second-order valence-corrected chi connectivity index (χ2v) is 4.64. The molecule has 0 spiro atoms. The zero-order valence-corrected chi connectivity index (χ0v) is 10.4. The van der Waals surface area contributed by atoms with E-state index in [1.165, 1.54) is 32.1 Å². The average molecular weight is 210 g/mol. The molecular formula is C14H26O. The van der Waals surface area contributed by atoms with Crippen molar-refractivity contribution in [3.8, 4) is 0 Å². The molecule has 88 valence electrons. The number of carbonyl (C=O) groups is 1. The van der Waals surface area contributed by atoms with Crippen molar-refractivity contribution in [2.75, 3.05) is 0 Å². The van der Waals surface area contributed by atoms with Gasteiger partial charge in [0.25, 0.3) is 0 Å². The van der Waals surface area contributed by atoms with Crippen molar-refractivity contribution in [3.63, 3.8) is 0 Å².